The van der Waals surface area contributed by atoms with Crippen molar-refractivity contribution in [3.8, 4) is 11.8 Å². The molecule has 0 heterocycles. The summed E-state index contributed by atoms with van der Waals surface area (Å²) < 4.78 is 0. The fraction of sp³-hybridized carbons (Fsp3) is 0.700. The smallest absolute Gasteiger partial charge is 0.155 e. The lowest BCUT2D eigenvalue weighted by Gasteiger charge is -2.56. The maximum Gasteiger partial charge on any atom is 0.155 e. The lowest BCUT2D eigenvalue weighted by molar-refractivity contribution is -0.117. The Hall–Kier alpha value is -2.22. The highest BCUT2D eigenvalue weighted by Crippen LogP contribution is 2.66. The number of rotatable bonds is 2. The highest BCUT2D eigenvalue weighted by molar-refractivity contribution is 5.91. The highest BCUT2D eigenvalue weighted by atomic mass is 16.3. The van der Waals surface area contributed by atoms with E-state index in [1.807, 2.05) is 24.3 Å². The number of allylic oxidation sites excluding steroid dienone is 6. The van der Waals surface area contributed by atoms with Gasteiger partial charge in [0.1, 0.15) is 11.2 Å². The molecule has 2 N–H and O–H groups in total. The van der Waals surface area contributed by atoms with Gasteiger partial charge in [0.15, 0.2) is 11.6 Å². The van der Waals surface area contributed by atoms with Crippen LogP contribution in [0.3, 0.4) is 0 Å². The van der Waals surface area contributed by atoms with Crippen LogP contribution in [0.4, 0.5) is 0 Å². The van der Waals surface area contributed by atoms with E-state index in [9.17, 15) is 19.8 Å². The molecule has 4 nitrogen and oxygen atoms in total. The molecule has 8 rings (SSSR count). The van der Waals surface area contributed by atoms with E-state index < -0.39 is 11.2 Å². The fourth-order valence-corrected chi connectivity index (χ4v) is 12.9. The molecule has 0 aromatic rings. The molecule has 234 valence electrons. The predicted octanol–water partition coefficient (Wildman–Crippen LogP) is 7.07. The van der Waals surface area contributed by atoms with E-state index in [2.05, 4.69) is 37.8 Å². The Morgan fingerprint density at radius 3 is 1.48 bits per heavy atom. The summed E-state index contributed by atoms with van der Waals surface area (Å²) >= 11 is 0. The molecule has 12 atom stereocenters. The summed E-state index contributed by atoms with van der Waals surface area (Å²) in [7, 11) is 0. The molecule has 8 aliphatic carbocycles. The summed E-state index contributed by atoms with van der Waals surface area (Å²) in [6.45, 7) is 4.44. The van der Waals surface area contributed by atoms with E-state index in [0.717, 1.165) is 77.0 Å². The van der Waals surface area contributed by atoms with E-state index in [1.165, 1.54) is 11.1 Å². The molecule has 4 heteroatoms. The Morgan fingerprint density at radius 1 is 0.636 bits per heavy atom. The summed E-state index contributed by atoms with van der Waals surface area (Å²) in [6.07, 6.45) is 25.8. The highest BCUT2D eigenvalue weighted by Gasteiger charge is 2.64. The van der Waals surface area contributed by atoms with Crippen molar-refractivity contribution in [2.75, 3.05) is 0 Å². The lowest BCUT2D eigenvalue weighted by Crippen LogP contribution is -2.55. The van der Waals surface area contributed by atoms with Gasteiger partial charge in [0.25, 0.3) is 0 Å². The Balaban J connectivity index is 1.07. The molecule has 0 radical (unpaired) electrons. The van der Waals surface area contributed by atoms with Crippen molar-refractivity contribution in [2.24, 2.45) is 58.2 Å². The number of hydrogen-bond donors (Lipinski definition) is 2. The minimum Gasteiger partial charge on any atom is -0.373 e. The van der Waals surface area contributed by atoms with Gasteiger partial charge in [-0.05, 0) is 149 Å². The molecule has 0 unspecified atom stereocenters. The Morgan fingerprint density at radius 2 is 1.07 bits per heavy atom. The van der Waals surface area contributed by atoms with Crippen LogP contribution in [-0.4, -0.2) is 33.0 Å². The van der Waals surface area contributed by atoms with Crippen LogP contribution in [0.15, 0.2) is 47.6 Å². The molecule has 0 saturated heterocycles. The number of aliphatic hydroxyl groups is 2. The van der Waals surface area contributed by atoms with Gasteiger partial charge < -0.3 is 10.2 Å². The first kappa shape index (κ1) is 29.2. The number of hydrogen-bond acceptors (Lipinski definition) is 4. The molecule has 0 bridgehead atoms. The van der Waals surface area contributed by atoms with Gasteiger partial charge in [-0.15, -0.1) is 0 Å². The normalized spacial score (nSPS) is 50.2. The first-order chi connectivity index (χ1) is 21.2. The molecule has 4 saturated carbocycles. The zero-order chi connectivity index (χ0) is 30.5. The summed E-state index contributed by atoms with van der Waals surface area (Å²) in [4.78, 5) is 24.3. The lowest BCUT2D eigenvalue weighted by atomic mass is 9.48. The van der Waals surface area contributed by atoms with E-state index in [0.29, 0.717) is 59.9 Å². The third kappa shape index (κ3) is 3.84. The first-order valence-corrected chi connectivity index (χ1v) is 18.0. The maximum atomic E-state index is 12.5. The summed E-state index contributed by atoms with van der Waals surface area (Å²) in [5.74, 6) is 11.3. The quantitative estimate of drug-likeness (QED) is 0.265. The minimum absolute atomic E-state index is 0.286. The number of carbonyl (C=O) groups excluding carboxylic acids is 2. The molecule has 0 amide bonds. The molecular formula is C40H50O4. The van der Waals surface area contributed by atoms with Crippen LogP contribution in [0.5, 0.6) is 0 Å². The molecule has 0 aromatic carbocycles. The van der Waals surface area contributed by atoms with E-state index in [1.54, 1.807) is 0 Å². The van der Waals surface area contributed by atoms with Crippen LogP contribution in [0.2, 0.25) is 0 Å². The molecule has 0 aromatic heterocycles. The van der Waals surface area contributed by atoms with Gasteiger partial charge in [0.05, 0.1) is 0 Å². The van der Waals surface area contributed by atoms with E-state index in [-0.39, 0.29) is 22.7 Å². The van der Waals surface area contributed by atoms with Crippen LogP contribution in [0, 0.1) is 70.0 Å². The van der Waals surface area contributed by atoms with Crippen LogP contribution >= 0.6 is 0 Å². The average Bonchev–Trinajstić information content (AvgIpc) is 3.51. The number of fused-ring (bicyclic) bond motifs is 10. The van der Waals surface area contributed by atoms with Crippen molar-refractivity contribution >= 4 is 11.6 Å². The van der Waals surface area contributed by atoms with Crippen molar-refractivity contribution < 1.29 is 19.8 Å². The molecule has 0 spiro atoms. The third-order valence-corrected chi connectivity index (χ3v) is 15.1. The second-order valence-electron chi connectivity index (χ2n) is 16.0. The van der Waals surface area contributed by atoms with Crippen molar-refractivity contribution in [2.45, 2.75) is 115 Å². The largest absolute Gasteiger partial charge is 0.373 e. The SMILES string of the molecule is CC[C@]12CC[C@H]3[C@@H](CCC4=CC(=O)CC[C@@H]43)[C@@H]1C=C[C@@]2(O)C#C[C@]1(O)C=C[C@H]2[C@@H]3CCC4=CC(=O)CC[C@@H]4[C@H]3CC[C@@]21CC. The summed E-state index contributed by atoms with van der Waals surface area (Å²) in [5, 5.41) is 24.9. The maximum absolute atomic E-state index is 12.5. The van der Waals surface area contributed by atoms with Gasteiger partial charge >= 0.3 is 0 Å². The van der Waals surface area contributed by atoms with E-state index >= 15 is 0 Å². The Kier molecular flexibility index (Phi) is 6.73. The first-order valence-electron chi connectivity index (χ1n) is 18.0. The number of carbonyl (C=O) groups is 2. The second kappa shape index (κ2) is 10.1. The van der Waals surface area contributed by atoms with Gasteiger partial charge in [-0.25, -0.2) is 0 Å². The molecule has 8 aliphatic rings. The standard InChI is InChI=1S/C40H50O4/c1-3-37-17-13-31-29-11-7-27(41)23-25(29)5-9-33(31)35(37)15-19-39(37,43)21-22-40(44)20-16-36-34-10-6-26-24-28(42)8-12-30(26)32(34)14-18-38(36,40)4-2/h15-16,19-20,23-24,29-36,43-44H,3-14,17-18H2,1-2H3/t29-,30-,31+,32+,33+,34+,35-,36-,37-,38-,39+,40+/m0/s1. The van der Waals surface area contributed by atoms with Crippen LogP contribution in [0.1, 0.15) is 104 Å². The summed E-state index contributed by atoms with van der Waals surface area (Å²) in [5.41, 5.74) is -0.379. The van der Waals surface area contributed by atoms with E-state index in [4.69, 9.17) is 0 Å². The summed E-state index contributed by atoms with van der Waals surface area (Å²) in [6, 6.07) is 0. The fourth-order valence-electron chi connectivity index (χ4n) is 12.9. The van der Waals surface area contributed by atoms with Crippen molar-refractivity contribution in [1.29, 1.82) is 0 Å². The Bertz CT molecular complexity index is 1350. The van der Waals surface area contributed by atoms with Crippen molar-refractivity contribution in [3.63, 3.8) is 0 Å². The monoisotopic (exact) mass is 594 g/mol. The minimum atomic E-state index is -1.25. The predicted molar refractivity (Wildman–Crippen MR) is 171 cm³/mol. The topological polar surface area (TPSA) is 74.6 Å². The van der Waals surface area contributed by atoms with Crippen LogP contribution < -0.4 is 0 Å². The van der Waals surface area contributed by atoms with Crippen LogP contribution in [-0.2, 0) is 9.59 Å². The van der Waals surface area contributed by atoms with Gasteiger partial charge in [-0.1, -0.05) is 49.0 Å². The van der Waals surface area contributed by atoms with Gasteiger partial charge in [-0.3, -0.25) is 9.59 Å². The van der Waals surface area contributed by atoms with Crippen molar-refractivity contribution in [3.05, 3.63) is 47.6 Å². The van der Waals surface area contributed by atoms with Crippen molar-refractivity contribution in [1.82, 2.24) is 0 Å². The van der Waals surface area contributed by atoms with Gasteiger partial charge in [0.2, 0.25) is 0 Å². The molecule has 0 aliphatic heterocycles. The number of ketones is 2. The third-order valence-electron chi connectivity index (χ3n) is 15.1. The average molecular weight is 595 g/mol. The Labute approximate surface area is 263 Å². The van der Waals surface area contributed by atoms with Gasteiger partial charge in [0, 0.05) is 23.7 Å². The molecular weight excluding hydrogens is 544 g/mol. The van der Waals surface area contributed by atoms with Gasteiger partial charge in [-0.2, -0.15) is 0 Å². The van der Waals surface area contributed by atoms with Crippen LogP contribution in [0.25, 0.3) is 0 Å². The zero-order valence-corrected chi connectivity index (χ0v) is 26.7. The molecule has 44 heavy (non-hydrogen) atoms. The molecule has 4 fully saturated rings. The second-order valence-corrected chi connectivity index (χ2v) is 16.0. The zero-order valence-electron chi connectivity index (χ0n) is 26.7.